The van der Waals surface area contributed by atoms with Crippen molar-refractivity contribution in [2.75, 3.05) is 10.2 Å². The number of nitrogens with one attached hydrogen (secondary N) is 1. The van der Waals surface area contributed by atoms with E-state index in [9.17, 15) is 19.5 Å². The highest BCUT2D eigenvalue weighted by Crippen LogP contribution is 2.29. The van der Waals surface area contributed by atoms with Crippen molar-refractivity contribution in [1.29, 1.82) is 0 Å². The van der Waals surface area contributed by atoms with Crippen LogP contribution in [0, 0.1) is 0 Å². The van der Waals surface area contributed by atoms with Crippen molar-refractivity contribution in [2.24, 2.45) is 0 Å². The number of carboxylic acids is 1. The van der Waals surface area contributed by atoms with Gasteiger partial charge in [-0.2, -0.15) is 0 Å². The third kappa shape index (κ3) is 3.23. The number of hydrogen-bond acceptors (Lipinski definition) is 5. The van der Waals surface area contributed by atoms with Crippen LogP contribution in [0.4, 0.5) is 11.4 Å². The first-order valence-electron chi connectivity index (χ1n) is 8.19. The molecule has 0 spiro atoms. The number of rotatable bonds is 5. The third-order valence-corrected chi connectivity index (χ3v) is 4.32. The van der Waals surface area contributed by atoms with Crippen molar-refractivity contribution in [3.8, 4) is 5.75 Å². The number of amides is 2. The number of aromatic hydroxyl groups is 1. The van der Waals surface area contributed by atoms with Gasteiger partial charge < -0.3 is 15.5 Å². The highest BCUT2D eigenvalue weighted by molar-refractivity contribution is 6.23. The van der Waals surface area contributed by atoms with E-state index in [4.69, 9.17) is 5.11 Å². The second-order valence-corrected chi connectivity index (χ2v) is 6.03. The Morgan fingerprint density at radius 2 is 1.88 bits per heavy atom. The van der Waals surface area contributed by atoms with E-state index in [-0.39, 0.29) is 17.7 Å². The van der Waals surface area contributed by atoms with Crippen molar-refractivity contribution in [1.82, 2.24) is 0 Å². The van der Waals surface area contributed by atoms with Crippen LogP contribution in [0.2, 0.25) is 0 Å². The lowest BCUT2D eigenvalue weighted by molar-refractivity contribution is -0.121. The maximum absolute atomic E-state index is 12.6. The highest BCUT2D eigenvalue weighted by atomic mass is 16.4. The number of aromatic carboxylic acids is 1. The summed E-state index contributed by atoms with van der Waals surface area (Å²) in [6.45, 7) is 2.04. The lowest BCUT2D eigenvalue weighted by Gasteiger charge is -2.17. The summed E-state index contributed by atoms with van der Waals surface area (Å²) in [6, 6.07) is 10.5. The monoisotopic (exact) mass is 354 g/mol. The summed E-state index contributed by atoms with van der Waals surface area (Å²) in [5.74, 6) is -2.66. The summed E-state index contributed by atoms with van der Waals surface area (Å²) >= 11 is 0. The van der Waals surface area contributed by atoms with Crippen molar-refractivity contribution in [3.63, 3.8) is 0 Å². The number of phenols is 1. The Labute approximate surface area is 149 Å². The molecule has 1 unspecified atom stereocenters. The van der Waals surface area contributed by atoms with E-state index in [1.807, 2.05) is 31.2 Å². The molecule has 0 aromatic heterocycles. The van der Waals surface area contributed by atoms with E-state index in [1.165, 1.54) is 6.07 Å². The van der Waals surface area contributed by atoms with Gasteiger partial charge in [-0.15, -0.1) is 0 Å². The molecule has 0 radical (unpaired) electrons. The van der Waals surface area contributed by atoms with E-state index in [1.54, 1.807) is 0 Å². The number of hydrogen-bond donors (Lipinski definition) is 3. The van der Waals surface area contributed by atoms with Crippen LogP contribution in [0.25, 0.3) is 0 Å². The van der Waals surface area contributed by atoms with Gasteiger partial charge in [-0.05, 0) is 42.3 Å². The van der Waals surface area contributed by atoms with Crippen molar-refractivity contribution in [2.45, 2.75) is 25.8 Å². The lowest BCUT2D eigenvalue weighted by atomic mass is 10.1. The van der Waals surface area contributed by atoms with Crippen LogP contribution >= 0.6 is 0 Å². The van der Waals surface area contributed by atoms with Crippen LogP contribution in [0.5, 0.6) is 5.75 Å². The Morgan fingerprint density at radius 1 is 1.19 bits per heavy atom. The fourth-order valence-corrected chi connectivity index (χ4v) is 2.89. The SMILES string of the molecule is CCc1ccc(NC2CC(=O)N(c3ccc(O)c(C(=O)O)c3)C2=O)cc1. The molecule has 1 atom stereocenters. The van der Waals surface area contributed by atoms with Gasteiger partial charge in [0.1, 0.15) is 17.4 Å². The zero-order valence-electron chi connectivity index (χ0n) is 14.1. The van der Waals surface area contributed by atoms with Gasteiger partial charge in [0.05, 0.1) is 12.1 Å². The molecule has 3 N–H and O–H groups in total. The minimum atomic E-state index is -1.34. The zero-order chi connectivity index (χ0) is 18.8. The maximum atomic E-state index is 12.6. The molecular formula is C19H18N2O5. The normalized spacial score (nSPS) is 16.8. The van der Waals surface area contributed by atoms with Crippen molar-refractivity contribution in [3.05, 3.63) is 53.6 Å². The minimum absolute atomic E-state index is 0.0301. The molecule has 2 aromatic rings. The summed E-state index contributed by atoms with van der Waals surface area (Å²) in [4.78, 5) is 37.0. The second kappa shape index (κ2) is 6.87. The zero-order valence-corrected chi connectivity index (χ0v) is 14.1. The molecule has 2 amide bonds. The number of aryl methyl sites for hydroxylation is 1. The van der Waals surface area contributed by atoms with E-state index in [0.29, 0.717) is 0 Å². The fourth-order valence-electron chi connectivity index (χ4n) is 2.89. The number of anilines is 2. The Morgan fingerprint density at radius 3 is 2.50 bits per heavy atom. The highest BCUT2D eigenvalue weighted by Gasteiger charge is 2.39. The average Bonchev–Trinajstić information content (AvgIpc) is 2.89. The van der Waals surface area contributed by atoms with Gasteiger partial charge in [0, 0.05) is 5.69 Å². The molecule has 1 saturated heterocycles. The van der Waals surface area contributed by atoms with Gasteiger partial charge in [-0.1, -0.05) is 19.1 Å². The molecule has 2 aromatic carbocycles. The standard InChI is InChI=1S/C19H18N2O5/c1-2-11-3-5-12(6-4-11)20-15-10-17(23)21(18(15)24)13-7-8-16(22)14(9-13)19(25)26/h3-9,15,20,22H,2,10H2,1H3,(H,25,26). The Bertz CT molecular complexity index is 876. The third-order valence-electron chi connectivity index (χ3n) is 4.32. The summed E-state index contributed by atoms with van der Waals surface area (Å²) in [6.07, 6.45) is 0.874. The minimum Gasteiger partial charge on any atom is -0.507 e. The van der Waals surface area contributed by atoms with Gasteiger partial charge in [-0.3, -0.25) is 9.59 Å². The molecule has 1 fully saturated rings. The summed E-state index contributed by atoms with van der Waals surface area (Å²) in [5, 5.41) is 21.7. The molecule has 0 aliphatic carbocycles. The van der Waals surface area contributed by atoms with Crippen molar-refractivity contribution < 1.29 is 24.6 Å². The van der Waals surface area contributed by atoms with Crippen LogP contribution in [-0.4, -0.2) is 34.0 Å². The number of carboxylic acid groups (broad SMARTS) is 1. The number of carbonyl (C=O) groups excluding carboxylic acids is 2. The topological polar surface area (TPSA) is 107 Å². The Kier molecular flexibility index (Phi) is 4.62. The summed E-state index contributed by atoms with van der Waals surface area (Å²) in [7, 11) is 0. The summed E-state index contributed by atoms with van der Waals surface area (Å²) < 4.78 is 0. The molecule has 7 heteroatoms. The summed E-state index contributed by atoms with van der Waals surface area (Å²) in [5.41, 5.74) is 1.65. The molecule has 3 rings (SSSR count). The second-order valence-electron chi connectivity index (χ2n) is 6.03. The van der Waals surface area contributed by atoms with Crippen LogP contribution in [0.15, 0.2) is 42.5 Å². The number of nitrogens with zero attached hydrogens (tertiary/aromatic N) is 1. The molecule has 26 heavy (non-hydrogen) atoms. The number of imide groups is 1. The smallest absolute Gasteiger partial charge is 0.339 e. The van der Waals surface area contributed by atoms with Crippen LogP contribution < -0.4 is 10.2 Å². The maximum Gasteiger partial charge on any atom is 0.339 e. The predicted octanol–water partition coefficient (Wildman–Crippen LogP) is 2.40. The Balaban J connectivity index is 1.82. The van der Waals surface area contributed by atoms with E-state index in [2.05, 4.69) is 5.32 Å². The first-order chi connectivity index (χ1) is 12.4. The van der Waals surface area contributed by atoms with Gasteiger partial charge in [0.25, 0.3) is 5.91 Å². The van der Waals surface area contributed by atoms with Crippen LogP contribution in [0.3, 0.4) is 0 Å². The molecule has 1 aliphatic rings. The van der Waals surface area contributed by atoms with E-state index >= 15 is 0 Å². The van der Waals surface area contributed by atoms with Crippen LogP contribution in [-0.2, 0) is 16.0 Å². The quantitative estimate of drug-likeness (QED) is 0.712. The van der Waals surface area contributed by atoms with Gasteiger partial charge >= 0.3 is 5.97 Å². The number of carbonyl (C=O) groups is 3. The Hall–Kier alpha value is -3.35. The first kappa shape index (κ1) is 17.5. The van der Waals surface area contributed by atoms with E-state index < -0.39 is 29.6 Å². The molecule has 134 valence electrons. The van der Waals surface area contributed by atoms with Gasteiger partial charge in [0.2, 0.25) is 5.91 Å². The average molecular weight is 354 g/mol. The van der Waals surface area contributed by atoms with Crippen molar-refractivity contribution >= 4 is 29.2 Å². The van der Waals surface area contributed by atoms with Gasteiger partial charge in [0.15, 0.2) is 0 Å². The molecule has 1 aliphatic heterocycles. The largest absolute Gasteiger partial charge is 0.507 e. The molecule has 0 bridgehead atoms. The molecule has 7 nitrogen and oxygen atoms in total. The molecular weight excluding hydrogens is 336 g/mol. The molecule has 1 heterocycles. The van der Waals surface area contributed by atoms with E-state index in [0.717, 1.165) is 34.7 Å². The molecule has 0 saturated carbocycles. The first-order valence-corrected chi connectivity index (χ1v) is 8.19. The van der Waals surface area contributed by atoms with Crippen LogP contribution in [0.1, 0.15) is 29.3 Å². The van der Waals surface area contributed by atoms with Gasteiger partial charge in [-0.25, -0.2) is 9.69 Å². The number of benzene rings is 2. The predicted molar refractivity (Wildman–Crippen MR) is 95.4 cm³/mol. The fraction of sp³-hybridized carbons (Fsp3) is 0.211. The lowest BCUT2D eigenvalue weighted by Crippen LogP contribution is -2.34.